The second-order valence-electron chi connectivity index (χ2n) is 8.08. The molecule has 0 spiro atoms. The van der Waals surface area contributed by atoms with Gasteiger partial charge in [0.15, 0.2) is 0 Å². The van der Waals surface area contributed by atoms with Gasteiger partial charge in [-0.25, -0.2) is 15.0 Å². The van der Waals surface area contributed by atoms with Crippen molar-refractivity contribution in [2.24, 2.45) is 5.92 Å². The van der Waals surface area contributed by atoms with Gasteiger partial charge < -0.3 is 9.80 Å². The molecule has 0 atom stereocenters. The van der Waals surface area contributed by atoms with Gasteiger partial charge in [0.25, 0.3) is 0 Å². The summed E-state index contributed by atoms with van der Waals surface area (Å²) in [4.78, 5) is 30.4. The highest BCUT2D eigenvalue weighted by Crippen LogP contribution is 2.27. The first kappa shape index (κ1) is 18.9. The Bertz CT molecular complexity index is 805. The number of piperidine rings is 1. The van der Waals surface area contributed by atoms with Gasteiger partial charge in [0.2, 0.25) is 5.91 Å². The fraction of sp³-hybridized carbons (Fsp3) is 0.619. The van der Waals surface area contributed by atoms with Crippen LogP contribution in [0, 0.1) is 12.8 Å². The lowest BCUT2D eigenvalue weighted by molar-refractivity contribution is -0.137. The second-order valence-corrected chi connectivity index (χ2v) is 8.08. The summed E-state index contributed by atoms with van der Waals surface area (Å²) in [5.41, 5.74) is 0. The lowest BCUT2D eigenvalue weighted by Crippen LogP contribution is -2.45. The molecule has 0 radical (unpaired) electrons. The Balaban J connectivity index is 1.38. The maximum atomic E-state index is 13.0. The van der Waals surface area contributed by atoms with Crippen LogP contribution in [0.3, 0.4) is 0 Å². The van der Waals surface area contributed by atoms with Crippen LogP contribution in [0.15, 0.2) is 24.8 Å². The molecule has 3 heterocycles. The molecule has 7 nitrogen and oxygen atoms in total. The average molecular weight is 383 g/mol. The number of carbonyl (C=O) groups excluding carboxylic acids is 1. The number of hydrogen-bond acceptors (Lipinski definition) is 5. The molecule has 2 aromatic rings. The minimum atomic E-state index is 0.139. The van der Waals surface area contributed by atoms with Crippen molar-refractivity contribution in [3.8, 4) is 5.82 Å². The zero-order valence-electron chi connectivity index (χ0n) is 16.9. The molecule has 0 unspecified atom stereocenters. The molecule has 7 heteroatoms. The smallest absolute Gasteiger partial charge is 0.225 e. The summed E-state index contributed by atoms with van der Waals surface area (Å²) in [6, 6.07) is 2.45. The number of nitrogens with zero attached hydrogens (tertiary/aromatic N) is 6. The van der Waals surface area contributed by atoms with E-state index >= 15 is 0 Å². The topological polar surface area (TPSA) is 67.2 Å². The Kier molecular flexibility index (Phi) is 5.59. The predicted octanol–water partition coefficient (Wildman–Crippen LogP) is 2.98. The van der Waals surface area contributed by atoms with E-state index < -0.39 is 0 Å². The van der Waals surface area contributed by atoms with Crippen LogP contribution in [0.25, 0.3) is 5.82 Å². The molecule has 1 saturated heterocycles. The Morgan fingerprint density at radius 3 is 2.43 bits per heavy atom. The van der Waals surface area contributed by atoms with Gasteiger partial charge in [-0.15, -0.1) is 0 Å². The number of aryl methyl sites for hydroxylation is 1. The molecular formula is C21H30N6O. The first-order valence-corrected chi connectivity index (χ1v) is 10.5. The normalized spacial score (nSPS) is 19.0. The summed E-state index contributed by atoms with van der Waals surface area (Å²) in [7, 11) is 2.01. The molecule has 150 valence electrons. The van der Waals surface area contributed by atoms with Gasteiger partial charge in [-0.05, 0) is 32.6 Å². The zero-order chi connectivity index (χ0) is 19.5. The van der Waals surface area contributed by atoms with Crippen molar-refractivity contribution in [3.63, 3.8) is 0 Å². The van der Waals surface area contributed by atoms with E-state index in [9.17, 15) is 4.79 Å². The fourth-order valence-corrected chi connectivity index (χ4v) is 4.55. The van der Waals surface area contributed by atoms with E-state index in [0.29, 0.717) is 11.9 Å². The molecular weight excluding hydrogens is 352 g/mol. The van der Waals surface area contributed by atoms with Gasteiger partial charge in [-0.3, -0.25) is 9.36 Å². The highest BCUT2D eigenvalue weighted by molar-refractivity contribution is 5.79. The van der Waals surface area contributed by atoms with Gasteiger partial charge in [0.1, 0.15) is 23.8 Å². The molecule has 0 aromatic carbocycles. The third-order valence-electron chi connectivity index (χ3n) is 6.35. The molecule has 1 aliphatic carbocycles. The van der Waals surface area contributed by atoms with Gasteiger partial charge >= 0.3 is 0 Å². The van der Waals surface area contributed by atoms with Crippen molar-refractivity contribution in [2.75, 3.05) is 25.0 Å². The number of rotatable bonds is 4. The van der Waals surface area contributed by atoms with E-state index in [4.69, 9.17) is 0 Å². The van der Waals surface area contributed by atoms with Crippen LogP contribution < -0.4 is 4.90 Å². The standard InChI is InChI=1S/C21H30N6O/c1-16-22-10-13-27(16)20-14-19(23-15-24-20)26-11-8-17(9-12-26)21(28)25(2)18-6-4-3-5-7-18/h10,13-15,17-18H,3-9,11-12H2,1-2H3. The Hall–Kier alpha value is -2.44. The quantitative estimate of drug-likeness (QED) is 0.813. The van der Waals surface area contributed by atoms with Crippen LogP contribution in [0.1, 0.15) is 50.8 Å². The second kappa shape index (κ2) is 8.29. The fourth-order valence-electron chi connectivity index (χ4n) is 4.55. The molecule has 2 fully saturated rings. The Labute approximate surface area is 166 Å². The predicted molar refractivity (Wildman–Crippen MR) is 108 cm³/mol. The van der Waals surface area contributed by atoms with Crippen LogP contribution in [0.2, 0.25) is 0 Å². The molecule has 2 aliphatic rings. The first-order valence-electron chi connectivity index (χ1n) is 10.5. The molecule has 1 amide bonds. The Morgan fingerprint density at radius 1 is 1.04 bits per heavy atom. The summed E-state index contributed by atoms with van der Waals surface area (Å²) in [6.07, 6.45) is 13.2. The minimum Gasteiger partial charge on any atom is -0.356 e. The number of hydrogen-bond donors (Lipinski definition) is 0. The summed E-state index contributed by atoms with van der Waals surface area (Å²) in [6.45, 7) is 3.67. The third-order valence-corrected chi connectivity index (χ3v) is 6.35. The minimum absolute atomic E-state index is 0.139. The maximum absolute atomic E-state index is 13.0. The molecule has 28 heavy (non-hydrogen) atoms. The average Bonchev–Trinajstić information content (AvgIpc) is 3.19. The monoisotopic (exact) mass is 382 g/mol. The maximum Gasteiger partial charge on any atom is 0.225 e. The van der Waals surface area contributed by atoms with E-state index in [0.717, 1.165) is 43.4 Å². The molecule has 1 saturated carbocycles. The van der Waals surface area contributed by atoms with Crippen LogP contribution in [0.4, 0.5) is 5.82 Å². The molecule has 4 rings (SSSR count). The lowest BCUT2D eigenvalue weighted by atomic mass is 9.91. The summed E-state index contributed by atoms with van der Waals surface area (Å²) in [5.74, 6) is 3.13. The third kappa shape index (κ3) is 3.88. The lowest BCUT2D eigenvalue weighted by Gasteiger charge is -2.37. The van der Waals surface area contributed by atoms with Crippen molar-refractivity contribution in [1.82, 2.24) is 24.4 Å². The SMILES string of the molecule is Cc1nccn1-c1cc(N2CCC(C(=O)N(C)C3CCCCC3)CC2)ncn1. The molecule has 0 bridgehead atoms. The summed E-state index contributed by atoms with van der Waals surface area (Å²) in [5, 5.41) is 0. The highest BCUT2D eigenvalue weighted by Gasteiger charge is 2.31. The van der Waals surface area contributed by atoms with E-state index in [2.05, 4.69) is 19.9 Å². The van der Waals surface area contributed by atoms with Gasteiger partial charge in [-0.2, -0.15) is 0 Å². The van der Waals surface area contributed by atoms with Crippen LogP contribution >= 0.6 is 0 Å². The van der Waals surface area contributed by atoms with Crippen LogP contribution in [0.5, 0.6) is 0 Å². The highest BCUT2D eigenvalue weighted by atomic mass is 16.2. The van der Waals surface area contributed by atoms with E-state index in [1.165, 1.54) is 32.1 Å². The summed E-state index contributed by atoms with van der Waals surface area (Å²) >= 11 is 0. The van der Waals surface area contributed by atoms with Crippen LogP contribution in [-0.2, 0) is 4.79 Å². The van der Waals surface area contributed by atoms with Gasteiger partial charge in [0.05, 0.1) is 0 Å². The molecule has 2 aromatic heterocycles. The number of amides is 1. The van der Waals surface area contributed by atoms with Crippen LogP contribution in [-0.4, -0.2) is 56.5 Å². The van der Waals surface area contributed by atoms with Crippen molar-refractivity contribution >= 4 is 11.7 Å². The van der Waals surface area contributed by atoms with Crippen molar-refractivity contribution in [2.45, 2.75) is 57.9 Å². The van der Waals surface area contributed by atoms with Crippen molar-refractivity contribution < 1.29 is 4.79 Å². The van der Waals surface area contributed by atoms with Crippen molar-refractivity contribution in [1.29, 1.82) is 0 Å². The zero-order valence-corrected chi connectivity index (χ0v) is 16.9. The number of anilines is 1. The number of aromatic nitrogens is 4. The molecule has 1 aliphatic heterocycles. The molecule has 0 N–H and O–H groups in total. The van der Waals surface area contributed by atoms with E-state index in [1.54, 1.807) is 12.5 Å². The summed E-state index contributed by atoms with van der Waals surface area (Å²) < 4.78 is 1.96. The largest absolute Gasteiger partial charge is 0.356 e. The van der Waals surface area contributed by atoms with Gasteiger partial charge in [0, 0.05) is 50.6 Å². The Morgan fingerprint density at radius 2 is 1.75 bits per heavy atom. The van der Waals surface area contributed by atoms with Gasteiger partial charge in [-0.1, -0.05) is 19.3 Å². The first-order chi connectivity index (χ1) is 13.6. The van der Waals surface area contributed by atoms with E-state index in [1.807, 2.05) is 35.7 Å². The number of imidazole rings is 1. The number of carbonyl (C=O) groups is 1. The van der Waals surface area contributed by atoms with E-state index in [-0.39, 0.29) is 5.92 Å². The van der Waals surface area contributed by atoms with Crippen molar-refractivity contribution in [3.05, 3.63) is 30.6 Å².